The molecule has 3 rings (SSSR count). The van der Waals surface area contributed by atoms with Crippen LogP contribution >= 0.6 is 23.2 Å². The lowest BCUT2D eigenvalue weighted by Crippen LogP contribution is -2.45. The van der Waals surface area contributed by atoms with Crippen molar-refractivity contribution in [3.63, 3.8) is 0 Å². The van der Waals surface area contributed by atoms with E-state index in [1.165, 1.54) is 6.07 Å². The Labute approximate surface area is 161 Å². The van der Waals surface area contributed by atoms with Gasteiger partial charge in [-0.1, -0.05) is 29.3 Å². The van der Waals surface area contributed by atoms with Gasteiger partial charge in [0.15, 0.2) is 0 Å². The van der Waals surface area contributed by atoms with Gasteiger partial charge in [-0.2, -0.15) is 0 Å². The highest BCUT2D eigenvalue weighted by Crippen LogP contribution is 2.40. The fraction of sp³-hybridized carbons (Fsp3) is 0.333. The van der Waals surface area contributed by atoms with Crippen molar-refractivity contribution < 1.29 is 9.66 Å². The molecule has 1 aliphatic rings. The van der Waals surface area contributed by atoms with Crippen molar-refractivity contribution in [2.24, 2.45) is 0 Å². The molecule has 2 aromatic rings. The Morgan fingerprint density at radius 3 is 2.50 bits per heavy atom. The molecule has 6 nitrogen and oxygen atoms in total. The summed E-state index contributed by atoms with van der Waals surface area (Å²) in [6, 6.07) is 9.72. The molecule has 138 valence electrons. The smallest absolute Gasteiger partial charge is 0.270 e. The lowest BCUT2D eigenvalue weighted by Gasteiger charge is -2.36. The number of piperazine rings is 1. The third kappa shape index (κ3) is 3.94. The molecule has 1 N–H and O–H groups in total. The summed E-state index contributed by atoms with van der Waals surface area (Å²) < 4.78 is 5.50. The van der Waals surface area contributed by atoms with Crippen LogP contribution in [0.1, 0.15) is 17.2 Å². The van der Waals surface area contributed by atoms with E-state index in [0.29, 0.717) is 21.4 Å². The van der Waals surface area contributed by atoms with Gasteiger partial charge >= 0.3 is 0 Å². The van der Waals surface area contributed by atoms with Crippen molar-refractivity contribution in [3.8, 4) is 5.75 Å². The van der Waals surface area contributed by atoms with Crippen LogP contribution in [0.2, 0.25) is 10.0 Å². The Bertz CT molecular complexity index is 810. The maximum atomic E-state index is 11.3. The summed E-state index contributed by atoms with van der Waals surface area (Å²) in [5.41, 5.74) is 1.58. The molecule has 0 saturated carbocycles. The zero-order chi connectivity index (χ0) is 18.7. The minimum atomic E-state index is -0.402. The SMILES string of the molecule is COc1ccc([N+](=O)[O-])cc1C(c1ccc(Cl)cc1Cl)N1CCNCC1. The Balaban J connectivity index is 2.17. The molecule has 1 heterocycles. The first-order valence-electron chi connectivity index (χ1n) is 8.23. The molecule has 0 bridgehead atoms. The molecule has 2 aromatic carbocycles. The number of nitrogens with zero attached hydrogens (tertiary/aromatic N) is 2. The van der Waals surface area contributed by atoms with Crippen LogP contribution in [0.3, 0.4) is 0 Å². The van der Waals surface area contributed by atoms with Gasteiger partial charge in [-0.25, -0.2) is 0 Å². The first kappa shape index (κ1) is 18.9. The van der Waals surface area contributed by atoms with Crippen LogP contribution in [-0.4, -0.2) is 43.1 Å². The van der Waals surface area contributed by atoms with E-state index < -0.39 is 4.92 Å². The van der Waals surface area contributed by atoms with E-state index >= 15 is 0 Å². The van der Waals surface area contributed by atoms with Gasteiger partial charge in [0.1, 0.15) is 5.75 Å². The highest BCUT2D eigenvalue weighted by Gasteiger charge is 2.29. The second-order valence-electron chi connectivity index (χ2n) is 6.04. The molecule has 8 heteroatoms. The molecule has 1 unspecified atom stereocenters. The molecule has 26 heavy (non-hydrogen) atoms. The summed E-state index contributed by atoms with van der Waals surface area (Å²) in [5, 5.41) is 15.7. The van der Waals surface area contributed by atoms with Crippen molar-refractivity contribution in [1.29, 1.82) is 0 Å². The number of halogens is 2. The highest BCUT2D eigenvalue weighted by molar-refractivity contribution is 6.35. The predicted octanol–water partition coefficient (Wildman–Crippen LogP) is 3.90. The second kappa shape index (κ2) is 8.22. The summed E-state index contributed by atoms with van der Waals surface area (Å²) in [7, 11) is 1.56. The molecule has 0 aliphatic carbocycles. The molecule has 0 radical (unpaired) electrons. The van der Waals surface area contributed by atoms with Gasteiger partial charge in [0, 0.05) is 53.9 Å². The zero-order valence-corrected chi connectivity index (χ0v) is 15.8. The molecule has 1 fully saturated rings. The van der Waals surface area contributed by atoms with Gasteiger partial charge in [-0.3, -0.25) is 15.0 Å². The van der Waals surface area contributed by atoms with E-state index in [1.807, 2.05) is 6.07 Å². The topological polar surface area (TPSA) is 67.6 Å². The number of ether oxygens (including phenoxy) is 1. The maximum absolute atomic E-state index is 11.3. The zero-order valence-electron chi connectivity index (χ0n) is 14.2. The Hall–Kier alpha value is -1.86. The summed E-state index contributed by atoms with van der Waals surface area (Å²) in [6.07, 6.45) is 0. The van der Waals surface area contributed by atoms with Crippen LogP contribution in [0.15, 0.2) is 36.4 Å². The van der Waals surface area contributed by atoms with E-state index in [1.54, 1.807) is 31.4 Å². The number of benzene rings is 2. The van der Waals surface area contributed by atoms with Crippen molar-refractivity contribution in [2.45, 2.75) is 6.04 Å². The summed E-state index contributed by atoms with van der Waals surface area (Å²) >= 11 is 12.5. The second-order valence-corrected chi connectivity index (χ2v) is 6.88. The standard InChI is InChI=1S/C18H19Cl2N3O3/c1-26-17-5-3-13(23(24)25)11-15(17)18(22-8-6-21-7-9-22)14-4-2-12(19)10-16(14)20/h2-5,10-11,18,21H,6-9H2,1H3. The van der Waals surface area contributed by atoms with Gasteiger partial charge < -0.3 is 10.1 Å². The fourth-order valence-electron chi connectivity index (χ4n) is 3.27. The lowest BCUT2D eigenvalue weighted by molar-refractivity contribution is -0.385. The van der Waals surface area contributed by atoms with Crippen molar-refractivity contribution in [3.05, 3.63) is 67.7 Å². The Kier molecular flexibility index (Phi) is 5.98. The lowest BCUT2D eigenvalue weighted by atomic mass is 9.95. The number of nitro benzene ring substituents is 1. The normalized spacial score (nSPS) is 16.3. The highest BCUT2D eigenvalue weighted by atomic mass is 35.5. The van der Waals surface area contributed by atoms with E-state index in [0.717, 1.165) is 31.7 Å². The van der Waals surface area contributed by atoms with Crippen LogP contribution in [0, 0.1) is 10.1 Å². The predicted molar refractivity (Wildman–Crippen MR) is 102 cm³/mol. The van der Waals surface area contributed by atoms with E-state index in [9.17, 15) is 10.1 Å². The first-order valence-corrected chi connectivity index (χ1v) is 8.99. The van der Waals surface area contributed by atoms with Crippen LogP contribution in [0.5, 0.6) is 5.75 Å². The molecule has 1 atom stereocenters. The van der Waals surface area contributed by atoms with Crippen LogP contribution in [0.25, 0.3) is 0 Å². The number of hydrogen-bond donors (Lipinski definition) is 1. The number of nitro groups is 1. The molecule has 0 amide bonds. The van der Waals surface area contributed by atoms with Crippen LogP contribution in [0.4, 0.5) is 5.69 Å². The van der Waals surface area contributed by atoms with E-state index in [2.05, 4.69) is 10.2 Å². The maximum Gasteiger partial charge on any atom is 0.270 e. The number of rotatable bonds is 5. The van der Waals surface area contributed by atoms with Gasteiger partial charge in [0.25, 0.3) is 5.69 Å². The minimum absolute atomic E-state index is 0.0195. The molecule has 1 aliphatic heterocycles. The van der Waals surface area contributed by atoms with Crippen molar-refractivity contribution in [1.82, 2.24) is 10.2 Å². The first-order chi connectivity index (χ1) is 12.5. The van der Waals surface area contributed by atoms with Gasteiger partial charge in [0.2, 0.25) is 0 Å². The monoisotopic (exact) mass is 395 g/mol. The average Bonchev–Trinajstić information content (AvgIpc) is 2.64. The van der Waals surface area contributed by atoms with Crippen molar-refractivity contribution in [2.75, 3.05) is 33.3 Å². The quantitative estimate of drug-likeness (QED) is 0.613. The summed E-state index contributed by atoms with van der Waals surface area (Å²) in [5.74, 6) is 0.588. The van der Waals surface area contributed by atoms with Crippen LogP contribution < -0.4 is 10.1 Å². The molecule has 1 saturated heterocycles. The molecular weight excluding hydrogens is 377 g/mol. The molecule has 0 spiro atoms. The third-order valence-electron chi connectivity index (χ3n) is 4.49. The van der Waals surface area contributed by atoms with E-state index in [4.69, 9.17) is 27.9 Å². The summed E-state index contributed by atoms with van der Waals surface area (Å²) in [4.78, 5) is 13.1. The van der Waals surface area contributed by atoms with E-state index in [-0.39, 0.29) is 11.7 Å². The van der Waals surface area contributed by atoms with Crippen LogP contribution in [-0.2, 0) is 0 Å². The third-order valence-corrected chi connectivity index (χ3v) is 5.05. The van der Waals surface area contributed by atoms with Gasteiger partial charge in [-0.15, -0.1) is 0 Å². The largest absolute Gasteiger partial charge is 0.496 e. The molecular formula is C18H19Cl2N3O3. The summed E-state index contributed by atoms with van der Waals surface area (Å²) in [6.45, 7) is 3.24. The number of nitrogens with one attached hydrogen (secondary N) is 1. The molecule has 0 aromatic heterocycles. The number of methoxy groups -OCH3 is 1. The fourth-order valence-corrected chi connectivity index (χ4v) is 3.79. The van der Waals surface area contributed by atoms with Gasteiger partial charge in [-0.05, 0) is 23.8 Å². The Morgan fingerprint density at radius 2 is 1.88 bits per heavy atom. The number of hydrogen-bond acceptors (Lipinski definition) is 5. The minimum Gasteiger partial charge on any atom is -0.496 e. The van der Waals surface area contributed by atoms with Gasteiger partial charge in [0.05, 0.1) is 18.1 Å². The Morgan fingerprint density at radius 1 is 1.15 bits per heavy atom. The van der Waals surface area contributed by atoms with Crippen molar-refractivity contribution >= 4 is 28.9 Å². The average molecular weight is 396 g/mol. The number of non-ortho nitro benzene ring substituents is 1.